The van der Waals surface area contributed by atoms with Gasteiger partial charge < -0.3 is 15.4 Å². The standard InChI is InChI=1S/C16H19N3O/c1-20-15-8-7-12-5-2-3-6-13(12)14(15)11-19-16-17-9-4-10-18-16/h2-3,5-8H,4,9-11H2,1H3,(H2,17,18,19). The molecule has 0 atom stereocenters. The van der Waals surface area contributed by atoms with Crippen LogP contribution < -0.4 is 15.4 Å². The Morgan fingerprint density at radius 3 is 2.95 bits per heavy atom. The lowest BCUT2D eigenvalue weighted by atomic mass is 10.0. The lowest BCUT2D eigenvalue weighted by molar-refractivity contribution is 0.410. The second kappa shape index (κ2) is 5.82. The Hall–Kier alpha value is -2.23. The molecule has 0 aromatic heterocycles. The maximum Gasteiger partial charge on any atom is 0.191 e. The van der Waals surface area contributed by atoms with Gasteiger partial charge in [0.1, 0.15) is 5.75 Å². The molecule has 0 fully saturated rings. The number of methoxy groups -OCH3 is 1. The van der Waals surface area contributed by atoms with E-state index in [1.807, 2.05) is 6.07 Å². The molecule has 20 heavy (non-hydrogen) atoms. The van der Waals surface area contributed by atoms with Crippen molar-refractivity contribution in [1.82, 2.24) is 10.6 Å². The van der Waals surface area contributed by atoms with Crippen LogP contribution in [-0.4, -0.2) is 26.2 Å². The van der Waals surface area contributed by atoms with E-state index in [9.17, 15) is 0 Å². The predicted molar refractivity (Wildman–Crippen MR) is 82.3 cm³/mol. The number of aliphatic imine (C=N–C) groups is 1. The molecule has 0 aliphatic carbocycles. The fraction of sp³-hybridized carbons (Fsp3) is 0.312. The second-order valence-corrected chi connectivity index (χ2v) is 4.83. The van der Waals surface area contributed by atoms with E-state index in [4.69, 9.17) is 4.74 Å². The molecule has 3 rings (SSSR count). The molecule has 1 heterocycles. The van der Waals surface area contributed by atoms with Crippen LogP contribution in [0.3, 0.4) is 0 Å². The Labute approximate surface area is 118 Å². The molecule has 1 aliphatic rings. The van der Waals surface area contributed by atoms with Crippen LogP contribution >= 0.6 is 0 Å². The summed E-state index contributed by atoms with van der Waals surface area (Å²) in [6, 6.07) is 12.5. The van der Waals surface area contributed by atoms with E-state index in [1.165, 1.54) is 16.3 Å². The average Bonchev–Trinajstić information content (AvgIpc) is 2.53. The number of nitrogens with one attached hydrogen (secondary N) is 2. The summed E-state index contributed by atoms with van der Waals surface area (Å²) in [5, 5.41) is 9.08. The molecule has 0 saturated heterocycles. The van der Waals surface area contributed by atoms with Crippen molar-refractivity contribution in [3.05, 3.63) is 42.0 Å². The third-order valence-electron chi connectivity index (χ3n) is 3.55. The topological polar surface area (TPSA) is 45.6 Å². The third-order valence-corrected chi connectivity index (χ3v) is 3.55. The van der Waals surface area contributed by atoms with Crippen molar-refractivity contribution >= 4 is 16.7 Å². The largest absolute Gasteiger partial charge is 0.496 e. The summed E-state index contributed by atoms with van der Waals surface area (Å²) in [6.45, 7) is 2.58. The SMILES string of the molecule is COc1ccc2ccccc2c1CNC1=NCCCN1. The number of benzene rings is 2. The molecule has 0 spiro atoms. The van der Waals surface area contributed by atoms with Crippen molar-refractivity contribution in [2.45, 2.75) is 13.0 Å². The molecule has 0 amide bonds. The Balaban J connectivity index is 1.90. The summed E-state index contributed by atoms with van der Waals surface area (Å²) >= 11 is 0. The molecule has 0 bridgehead atoms. The van der Waals surface area contributed by atoms with E-state index in [0.717, 1.165) is 31.2 Å². The molecule has 2 aromatic rings. The van der Waals surface area contributed by atoms with Gasteiger partial charge in [0.25, 0.3) is 0 Å². The third kappa shape index (κ3) is 2.54. The van der Waals surface area contributed by atoms with Crippen molar-refractivity contribution in [2.24, 2.45) is 4.99 Å². The molecule has 0 unspecified atom stereocenters. The van der Waals surface area contributed by atoms with E-state index < -0.39 is 0 Å². The van der Waals surface area contributed by atoms with Crippen LogP contribution in [0.2, 0.25) is 0 Å². The number of guanidine groups is 1. The van der Waals surface area contributed by atoms with Crippen LogP contribution in [0.25, 0.3) is 10.8 Å². The van der Waals surface area contributed by atoms with Crippen LogP contribution in [0.1, 0.15) is 12.0 Å². The summed E-state index contributed by atoms with van der Waals surface area (Å²) in [5.74, 6) is 1.79. The first-order valence-electron chi connectivity index (χ1n) is 6.95. The Morgan fingerprint density at radius 1 is 1.25 bits per heavy atom. The van der Waals surface area contributed by atoms with Gasteiger partial charge in [-0.25, -0.2) is 0 Å². The van der Waals surface area contributed by atoms with E-state index in [0.29, 0.717) is 6.54 Å². The van der Waals surface area contributed by atoms with Crippen molar-refractivity contribution in [3.8, 4) is 5.75 Å². The van der Waals surface area contributed by atoms with Gasteiger partial charge in [0.05, 0.1) is 7.11 Å². The van der Waals surface area contributed by atoms with Crippen molar-refractivity contribution in [1.29, 1.82) is 0 Å². The molecular weight excluding hydrogens is 250 g/mol. The Morgan fingerprint density at radius 2 is 2.15 bits per heavy atom. The molecule has 4 nitrogen and oxygen atoms in total. The lowest BCUT2D eigenvalue weighted by Crippen LogP contribution is -2.40. The van der Waals surface area contributed by atoms with Crippen molar-refractivity contribution in [2.75, 3.05) is 20.2 Å². The highest BCUT2D eigenvalue weighted by Crippen LogP contribution is 2.27. The molecule has 0 radical (unpaired) electrons. The summed E-state index contributed by atoms with van der Waals surface area (Å²) in [4.78, 5) is 4.43. The molecule has 4 heteroatoms. The van der Waals surface area contributed by atoms with Gasteiger partial charge in [0.15, 0.2) is 5.96 Å². The number of hydrogen-bond donors (Lipinski definition) is 2. The van der Waals surface area contributed by atoms with Crippen LogP contribution in [0.5, 0.6) is 5.75 Å². The normalized spacial score (nSPS) is 14.6. The van der Waals surface area contributed by atoms with Gasteiger partial charge >= 0.3 is 0 Å². The first kappa shape index (κ1) is 12.8. The molecule has 104 valence electrons. The highest BCUT2D eigenvalue weighted by Gasteiger charge is 2.10. The average molecular weight is 269 g/mol. The van der Waals surface area contributed by atoms with E-state index in [-0.39, 0.29) is 0 Å². The number of hydrogen-bond acceptors (Lipinski definition) is 4. The van der Waals surface area contributed by atoms with Gasteiger partial charge in [0.2, 0.25) is 0 Å². The molecule has 0 saturated carbocycles. The second-order valence-electron chi connectivity index (χ2n) is 4.83. The number of rotatable bonds is 3. The van der Waals surface area contributed by atoms with E-state index in [1.54, 1.807) is 7.11 Å². The van der Waals surface area contributed by atoms with Gasteiger partial charge in [-0.05, 0) is 23.3 Å². The Kier molecular flexibility index (Phi) is 3.72. The fourth-order valence-corrected chi connectivity index (χ4v) is 2.51. The first-order valence-corrected chi connectivity index (χ1v) is 6.95. The lowest BCUT2D eigenvalue weighted by Gasteiger charge is -2.18. The number of fused-ring (bicyclic) bond motifs is 1. The quantitative estimate of drug-likeness (QED) is 0.898. The van der Waals surface area contributed by atoms with Crippen molar-refractivity contribution in [3.63, 3.8) is 0 Å². The van der Waals surface area contributed by atoms with Crippen LogP contribution in [0.15, 0.2) is 41.4 Å². The smallest absolute Gasteiger partial charge is 0.191 e. The first-order chi connectivity index (χ1) is 9.88. The van der Waals surface area contributed by atoms with Gasteiger partial charge in [-0.15, -0.1) is 0 Å². The van der Waals surface area contributed by atoms with Gasteiger partial charge in [-0.1, -0.05) is 30.3 Å². The van der Waals surface area contributed by atoms with Gasteiger partial charge in [0, 0.05) is 25.2 Å². The molecular formula is C16H19N3O. The van der Waals surface area contributed by atoms with Crippen molar-refractivity contribution < 1.29 is 4.74 Å². The number of ether oxygens (including phenoxy) is 1. The monoisotopic (exact) mass is 269 g/mol. The highest BCUT2D eigenvalue weighted by atomic mass is 16.5. The molecule has 2 aromatic carbocycles. The summed E-state index contributed by atoms with van der Waals surface area (Å²) in [6.07, 6.45) is 1.10. The van der Waals surface area contributed by atoms with E-state index in [2.05, 4.69) is 46.0 Å². The maximum absolute atomic E-state index is 5.49. The zero-order valence-electron chi connectivity index (χ0n) is 11.6. The van der Waals surface area contributed by atoms with Gasteiger partial charge in [-0.3, -0.25) is 4.99 Å². The fourth-order valence-electron chi connectivity index (χ4n) is 2.51. The van der Waals surface area contributed by atoms with E-state index >= 15 is 0 Å². The minimum atomic E-state index is 0.705. The zero-order chi connectivity index (χ0) is 13.8. The van der Waals surface area contributed by atoms with Crippen LogP contribution in [-0.2, 0) is 6.54 Å². The summed E-state index contributed by atoms with van der Waals surface area (Å²) in [7, 11) is 1.71. The predicted octanol–water partition coefficient (Wildman–Crippen LogP) is 2.29. The maximum atomic E-state index is 5.49. The Bertz CT molecular complexity index is 637. The highest BCUT2D eigenvalue weighted by molar-refractivity contribution is 5.88. The van der Waals surface area contributed by atoms with Crippen LogP contribution in [0.4, 0.5) is 0 Å². The van der Waals surface area contributed by atoms with Gasteiger partial charge in [-0.2, -0.15) is 0 Å². The van der Waals surface area contributed by atoms with Crippen LogP contribution in [0, 0.1) is 0 Å². The minimum absolute atomic E-state index is 0.705. The summed E-state index contributed by atoms with van der Waals surface area (Å²) in [5.41, 5.74) is 1.17. The number of nitrogens with zero attached hydrogens (tertiary/aromatic N) is 1. The summed E-state index contributed by atoms with van der Waals surface area (Å²) < 4.78 is 5.49. The zero-order valence-corrected chi connectivity index (χ0v) is 11.6. The minimum Gasteiger partial charge on any atom is -0.496 e. The molecule has 2 N–H and O–H groups in total. The molecule has 1 aliphatic heterocycles.